The predicted molar refractivity (Wildman–Crippen MR) is 154 cm³/mol. The summed E-state index contributed by atoms with van der Waals surface area (Å²) in [5.74, 6) is 6.22. The summed E-state index contributed by atoms with van der Waals surface area (Å²) < 4.78 is 1.58. The monoisotopic (exact) mass is 526 g/mol. The van der Waals surface area contributed by atoms with Crippen LogP contribution >= 0.6 is 11.6 Å². The molecule has 0 aliphatic heterocycles. The maximum Gasteiger partial charge on any atom is 0.250 e. The molecule has 2 heterocycles. The second-order valence-corrected chi connectivity index (χ2v) is 9.01. The van der Waals surface area contributed by atoms with E-state index in [1.165, 1.54) is 12.3 Å². The first-order chi connectivity index (χ1) is 18.3. The van der Waals surface area contributed by atoms with Gasteiger partial charge in [-0.1, -0.05) is 35.7 Å². The van der Waals surface area contributed by atoms with E-state index < -0.39 is 6.04 Å². The van der Waals surface area contributed by atoms with Gasteiger partial charge in [-0.15, -0.1) is 0 Å². The standard InChI is InChI=1S/C29H27ClN6O2/c1-17(32-2)29(38)35-25-15-22(21-7-5-6-20(16-31)28(21)33-3)27(30)23(34-25)11-8-18-9-12-24-19(14-18)10-13-26(37)36(24)4/h5-7,9-10,12-17,31-33H,1-4H3,(H,34,35,38). The fourth-order valence-corrected chi connectivity index (χ4v) is 4.27. The first kappa shape index (κ1) is 26.6. The maximum atomic E-state index is 12.6. The van der Waals surface area contributed by atoms with Crippen LogP contribution in [0.2, 0.25) is 5.02 Å². The van der Waals surface area contributed by atoms with Gasteiger partial charge < -0.3 is 25.9 Å². The van der Waals surface area contributed by atoms with Crippen molar-refractivity contribution in [3.05, 3.63) is 86.8 Å². The van der Waals surface area contributed by atoms with Gasteiger partial charge in [0.25, 0.3) is 5.56 Å². The number of aryl methyl sites for hydroxylation is 1. The van der Waals surface area contributed by atoms with Crippen molar-refractivity contribution in [2.45, 2.75) is 13.0 Å². The maximum absolute atomic E-state index is 12.6. The smallest absolute Gasteiger partial charge is 0.250 e. The number of carbonyl (C=O) groups excluding carboxylic acids is 1. The molecule has 1 amide bonds. The number of pyridine rings is 2. The molecule has 4 N–H and O–H groups in total. The molecule has 4 aromatic rings. The van der Waals surface area contributed by atoms with Crippen molar-refractivity contribution in [1.29, 1.82) is 5.41 Å². The summed E-state index contributed by atoms with van der Waals surface area (Å²) >= 11 is 6.85. The molecule has 8 nitrogen and oxygen atoms in total. The summed E-state index contributed by atoms with van der Waals surface area (Å²) in [6.45, 7) is 1.75. The Morgan fingerprint density at radius 2 is 1.89 bits per heavy atom. The van der Waals surface area contributed by atoms with Crippen LogP contribution in [0.25, 0.3) is 22.0 Å². The van der Waals surface area contributed by atoms with E-state index in [1.54, 1.807) is 44.8 Å². The Kier molecular flexibility index (Phi) is 7.91. The highest BCUT2D eigenvalue weighted by molar-refractivity contribution is 6.34. The topological polar surface area (TPSA) is 112 Å². The summed E-state index contributed by atoms with van der Waals surface area (Å²) in [7, 11) is 5.20. The number of carbonyl (C=O) groups is 1. The van der Waals surface area contributed by atoms with E-state index in [-0.39, 0.29) is 11.5 Å². The zero-order chi connectivity index (χ0) is 27.4. The van der Waals surface area contributed by atoms with E-state index >= 15 is 0 Å². The van der Waals surface area contributed by atoms with E-state index in [1.807, 2.05) is 36.4 Å². The summed E-state index contributed by atoms with van der Waals surface area (Å²) in [6.07, 6.45) is 1.26. The van der Waals surface area contributed by atoms with Gasteiger partial charge in [-0.25, -0.2) is 4.98 Å². The molecule has 0 radical (unpaired) electrons. The second kappa shape index (κ2) is 11.3. The molecule has 0 aliphatic rings. The number of nitrogens with zero attached hydrogens (tertiary/aromatic N) is 2. The quantitative estimate of drug-likeness (QED) is 0.222. The van der Waals surface area contributed by atoms with Crippen LogP contribution in [0.4, 0.5) is 11.5 Å². The molecule has 0 spiro atoms. The number of aromatic nitrogens is 2. The van der Waals surface area contributed by atoms with Crippen LogP contribution in [0.5, 0.6) is 0 Å². The van der Waals surface area contributed by atoms with Gasteiger partial charge in [0.1, 0.15) is 11.5 Å². The molecule has 1 atom stereocenters. The first-order valence-electron chi connectivity index (χ1n) is 11.9. The highest BCUT2D eigenvalue weighted by Gasteiger charge is 2.18. The van der Waals surface area contributed by atoms with Gasteiger partial charge in [-0.3, -0.25) is 9.59 Å². The molecule has 0 bridgehead atoms. The third kappa shape index (κ3) is 5.30. The van der Waals surface area contributed by atoms with Crippen LogP contribution in [0.3, 0.4) is 0 Å². The number of anilines is 2. The number of benzene rings is 2. The average molecular weight is 527 g/mol. The van der Waals surface area contributed by atoms with Crippen molar-refractivity contribution < 1.29 is 4.79 Å². The number of halogens is 1. The van der Waals surface area contributed by atoms with Gasteiger partial charge in [-0.05, 0) is 55.6 Å². The van der Waals surface area contributed by atoms with E-state index in [2.05, 4.69) is 32.8 Å². The lowest BCUT2D eigenvalue weighted by atomic mass is 9.99. The molecule has 2 aromatic heterocycles. The van der Waals surface area contributed by atoms with Crippen molar-refractivity contribution in [3.63, 3.8) is 0 Å². The average Bonchev–Trinajstić information content (AvgIpc) is 2.93. The molecule has 2 aromatic carbocycles. The number of fused-ring (bicyclic) bond motifs is 1. The van der Waals surface area contributed by atoms with Gasteiger partial charge in [-0.2, -0.15) is 0 Å². The minimum Gasteiger partial charge on any atom is -0.387 e. The van der Waals surface area contributed by atoms with Crippen LogP contribution in [-0.4, -0.2) is 41.8 Å². The molecule has 38 heavy (non-hydrogen) atoms. The molecular weight excluding hydrogens is 500 g/mol. The normalized spacial score (nSPS) is 11.4. The Balaban J connectivity index is 1.86. The van der Waals surface area contributed by atoms with E-state index in [9.17, 15) is 9.59 Å². The number of nitrogens with one attached hydrogen (secondary N) is 4. The molecule has 1 unspecified atom stereocenters. The van der Waals surface area contributed by atoms with Crippen LogP contribution in [0.15, 0.2) is 59.4 Å². The fourth-order valence-electron chi connectivity index (χ4n) is 4.03. The summed E-state index contributed by atoms with van der Waals surface area (Å²) in [6, 6.07) is 15.7. The van der Waals surface area contributed by atoms with Crippen LogP contribution in [0, 0.1) is 17.3 Å². The van der Waals surface area contributed by atoms with E-state index in [4.69, 9.17) is 17.0 Å². The van der Waals surface area contributed by atoms with Gasteiger partial charge in [0.15, 0.2) is 0 Å². The number of hydrogen-bond donors (Lipinski definition) is 4. The van der Waals surface area contributed by atoms with Crippen molar-refractivity contribution in [3.8, 4) is 23.0 Å². The number of rotatable bonds is 6. The van der Waals surface area contributed by atoms with Crippen molar-refractivity contribution in [2.75, 3.05) is 24.7 Å². The van der Waals surface area contributed by atoms with Crippen LogP contribution in [0.1, 0.15) is 23.7 Å². The van der Waals surface area contributed by atoms with Gasteiger partial charge >= 0.3 is 0 Å². The lowest BCUT2D eigenvalue weighted by Crippen LogP contribution is -2.35. The Morgan fingerprint density at radius 1 is 1.11 bits per heavy atom. The number of likely N-dealkylation sites (N-methyl/N-ethyl adjacent to an activating group) is 1. The van der Waals surface area contributed by atoms with Crippen molar-refractivity contribution >= 4 is 46.1 Å². The zero-order valence-corrected chi connectivity index (χ0v) is 22.2. The minimum absolute atomic E-state index is 0.0840. The van der Waals surface area contributed by atoms with E-state index in [0.29, 0.717) is 27.7 Å². The van der Waals surface area contributed by atoms with Gasteiger partial charge in [0.05, 0.1) is 22.3 Å². The lowest BCUT2D eigenvalue weighted by molar-refractivity contribution is -0.117. The number of amides is 1. The molecule has 0 aliphatic carbocycles. The Bertz CT molecular complexity index is 1680. The SMILES string of the molecule is CNc1c(C=N)cccc1-c1cc(NC(=O)C(C)NC)nc(C#Cc2ccc3c(ccc(=O)n3C)c2)c1Cl. The summed E-state index contributed by atoms with van der Waals surface area (Å²) in [5.41, 5.74) is 4.48. The Labute approximate surface area is 225 Å². The van der Waals surface area contributed by atoms with Crippen molar-refractivity contribution in [2.24, 2.45) is 7.05 Å². The number of para-hydroxylation sites is 1. The molecular formula is C29H27ClN6O2. The predicted octanol–water partition coefficient (Wildman–Crippen LogP) is 4.24. The van der Waals surface area contributed by atoms with E-state index in [0.717, 1.165) is 27.7 Å². The Hall–Kier alpha value is -4.45. The molecule has 4 rings (SSSR count). The van der Waals surface area contributed by atoms with Crippen LogP contribution < -0.4 is 21.5 Å². The third-order valence-corrected chi connectivity index (χ3v) is 6.66. The summed E-state index contributed by atoms with van der Waals surface area (Å²) in [4.78, 5) is 29.1. The number of hydrogen-bond acceptors (Lipinski definition) is 6. The highest BCUT2D eigenvalue weighted by Crippen LogP contribution is 2.37. The molecule has 0 saturated heterocycles. The minimum atomic E-state index is -0.437. The molecule has 9 heteroatoms. The lowest BCUT2D eigenvalue weighted by Gasteiger charge is -2.16. The third-order valence-electron chi connectivity index (χ3n) is 6.28. The Morgan fingerprint density at radius 3 is 2.61 bits per heavy atom. The fraction of sp³-hybridized carbons (Fsp3) is 0.172. The largest absolute Gasteiger partial charge is 0.387 e. The molecule has 192 valence electrons. The second-order valence-electron chi connectivity index (χ2n) is 8.64. The van der Waals surface area contributed by atoms with Gasteiger partial charge in [0, 0.05) is 48.6 Å². The highest BCUT2D eigenvalue weighted by atomic mass is 35.5. The van der Waals surface area contributed by atoms with Crippen LogP contribution in [-0.2, 0) is 11.8 Å². The van der Waals surface area contributed by atoms with Crippen molar-refractivity contribution in [1.82, 2.24) is 14.9 Å². The zero-order valence-electron chi connectivity index (χ0n) is 21.4. The molecule has 0 saturated carbocycles. The first-order valence-corrected chi connectivity index (χ1v) is 12.3. The van der Waals surface area contributed by atoms with Gasteiger partial charge in [0.2, 0.25) is 5.91 Å². The summed E-state index contributed by atoms with van der Waals surface area (Å²) in [5, 5.41) is 17.9. The molecule has 0 fully saturated rings.